The van der Waals surface area contributed by atoms with Gasteiger partial charge in [0, 0.05) is 22.5 Å². The van der Waals surface area contributed by atoms with Gasteiger partial charge in [-0.3, -0.25) is 4.79 Å². The van der Waals surface area contributed by atoms with Crippen molar-refractivity contribution in [2.75, 3.05) is 30.4 Å². The Balaban J connectivity index is 1.60. The Morgan fingerprint density at radius 3 is 2.74 bits per heavy atom. The second kappa shape index (κ2) is 6.79. The molecule has 0 saturated heterocycles. The van der Waals surface area contributed by atoms with Gasteiger partial charge in [0.1, 0.15) is 13.2 Å². The number of aryl methyl sites for hydroxylation is 1. The van der Waals surface area contributed by atoms with Crippen LogP contribution in [0.2, 0.25) is 5.02 Å². The first-order chi connectivity index (χ1) is 11.1. The fourth-order valence-corrected chi connectivity index (χ4v) is 2.46. The van der Waals surface area contributed by atoms with Crippen LogP contribution in [0.25, 0.3) is 0 Å². The van der Waals surface area contributed by atoms with E-state index in [0.717, 1.165) is 11.3 Å². The van der Waals surface area contributed by atoms with E-state index in [1.54, 1.807) is 24.3 Å². The van der Waals surface area contributed by atoms with Gasteiger partial charge in [-0.1, -0.05) is 17.7 Å². The molecule has 0 bridgehead atoms. The molecule has 0 saturated carbocycles. The van der Waals surface area contributed by atoms with Crippen molar-refractivity contribution in [2.24, 2.45) is 0 Å². The van der Waals surface area contributed by atoms with Gasteiger partial charge >= 0.3 is 0 Å². The number of anilines is 2. The molecule has 3 rings (SSSR count). The van der Waals surface area contributed by atoms with Crippen molar-refractivity contribution in [1.29, 1.82) is 0 Å². The number of hydrogen-bond donors (Lipinski definition) is 2. The quantitative estimate of drug-likeness (QED) is 0.900. The molecule has 1 amide bonds. The van der Waals surface area contributed by atoms with E-state index in [1.807, 2.05) is 19.1 Å². The molecule has 5 nitrogen and oxygen atoms in total. The van der Waals surface area contributed by atoms with E-state index < -0.39 is 0 Å². The average molecular weight is 333 g/mol. The number of ether oxygens (including phenoxy) is 2. The third-order valence-corrected chi connectivity index (χ3v) is 3.70. The normalized spacial score (nSPS) is 12.6. The predicted octanol–water partition coefficient (Wildman–Crippen LogP) is 3.47. The van der Waals surface area contributed by atoms with Crippen molar-refractivity contribution in [3.63, 3.8) is 0 Å². The Morgan fingerprint density at radius 2 is 1.91 bits per heavy atom. The summed E-state index contributed by atoms with van der Waals surface area (Å²) in [5.74, 6) is 1.19. The number of carbonyl (C=O) groups excluding carboxylic acids is 1. The largest absolute Gasteiger partial charge is 0.486 e. The fourth-order valence-electron chi connectivity index (χ4n) is 2.29. The molecule has 2 aromatic rings. The highest BCUT2D eigenvalue weighted by Gasteiger charge is 2.12. The Bertz CT molecular complexity index is 734. The maximum absolute atomic E-state index is 12.1. The zero-order chi connectivity index (χ0) is 16.2. The minimum Gasteiger partial charge on any atom is -0.486 e. The highest BCUT2D eigenvalue weighted by atomic mass is 35.5. The van der Waals surface area contributed by atoms with E-state index in [-0.39, 0.29) is 12.5 Å². The summed E-state index contributed by atoms with van der Waals surface area (Å²) in [4.78, 5) is 12.1. The molecule has 0 fully saturated rings. The highest BCUT2D eigenvalue weighted by Crippen LogP contribution is 2.32. The molecule has 0 atom stereocenters. The number of halogens is 1. The van der Waals surface area contributed by atoms with Crippen molar-refractivity contribution < 1.29 is 14.3 Å². The molecular weight excluding hydrogens is 316 g/mol. The maximum Gasteiger partial charge on any atom is 0.243 e. The topological polar surface area (TPSA) is 59.6 Å². The lowest BCUT2D eigenvalue weighted by molar-refractivity contribution is -0.114. The minimum absolute atomic E-state index is 0.148. The van der Waals surface area contributed by atoms with E-state index in [0.29, 0.717) is 35.4 Å². The Hall–Kier alpha value is -2.40. The lowest BCUT2D eigenvalue weighted by Gasteiger charge is -2.19. The first kappa shape index (κ1) is 15.5. The molecule has 0 spiro atoms. The van der Waals surface area contributed by atoms with Crippen molar-refractivity contribution in [3.05, 3.63) is 47.0 Å². The molecule has 120 valence electrons. The van der Waals surface area contributed by atoms with Crippen LogP contribution in [0.3, 0.4) is 0 Å². The van der Waals surface area contributed by atoms with Crippen LogP contribution in [0, 0.1) is 6.92 Å². The van der Waals surface area contributed by atoms with E-state index in [9.17, 15) is 4.79 Å². The van der Waals surface area contributed by atoms with Crippen LogP contribution in [0.15, 0.2) is 36.4 Å². The van der Waals surface area contributed by atoms with Gasteiger partial charge in [-0.2, -0.15) is 0 Å². The number of nitrogens with one attached hydrogen (secondary N) is 2. The van der Waals surface area contributed by atoms with Crippen LogP contribution < -0.4 is 20.1 Å². The van der Waals surface area contributed by atoms with Crippen molar-refractivity contribution in [2.45, 2.75) is 6.92 Å². The van der Waals surface area contributed by atoms with Crippen LogP contribution in [0.4, 0.5) is 11.4 Å². The van der Waals surface area contributed by atoms with Crippen LogP contribution >= 0.6 is 11.6 Å². The zero-order valence-corrected chi connectivity index (χ0v) is 13.4. The first-order valence-electron chi connectivity index (χ1n) is 7.31. The smallest absolute Gasteiger partial charge is 0.243 e. The van der Waals surface area contributed by atoms with Crippen molar-refractivity contribution >= 4 is 28.9 Å². The van der Waals surface area contributed by atoms with Crippen LogP contribution in [0.5, 0.6) is 11.5 Å². The number of amides is 1. The summed E-state index contributed by atoms with van der Waals surface area (Å²) in [5.41, 5.74) is 2.54. The molecule has 2 N–H and O–H groups in total. The van der Waals surface area contributed by atoms with Gasteiger partial charge < -0.3 is 20.1 Å². The maximum atomic E-state index is 12.1. The molecule has 23 heavy (non-hydrogen) atoms. The number of hydrogen-bond acceptors (Lipinski definition) is 4. The van der Waals surface area contributed by atoms with Gasteiger partial charge in [0.05, 0.1) is 6.54 Å². The van der Waals surface area contributed by atoms with Gasteiger partial charge in [0.15, 0.2) is 11.5 Å². The molecule has 0 aliphatic carbocycles. The molecule has 2 aromatic carbocycles. The fraction of sp³-hybridized carbons (Fsp3) is 0.235. The Kier molecular flexibility index (Phi) is 4.57. The Labute approximate surface area is 139 Å². The van der Waals surface area contributed by atoms with Crippen LogP contribution in [-0.2, 0) is 4.79 Å². The molecule has 1 heterocycles. The van der Waals surface area contributed by atoms with E-state index >= 15 is 0 Å². The molecule has 6 heteroatoms. The molecular formula is C17H17ClN2O3. The van der Waals surface area contributed by atoms with Crippen molar-refractivity contribution in [1.82, 2.24) is 0 Å². The van der Waals surface area contributed by atoms with Gasteiger partial charge in [-0.25, -0.2) is 0 Å². The molecule has 0 radical (unpaired) electrons. The van der Waals surface area contributed by atoms with Crippen LogP contribution in [0.1, 0.15) is 5.56 Å². The number of fused-ring (bicyclic) bond motifs is 1. The standard InChI is InChI=1S/C17H17ClN2O3/c1-11-2-3-12(18)8-14(11)19-10-17(21)20-13-4-5-15-16(9-13)23-7-6-22-15/h2-5,8-9,19H,6-7,10H2,1H3,(H,20,21). The number of carbonyl (C=O) groups is 1. The molecule has 1 aliphatic heterocycles. The minimum atomic E-state index is -0.152. The molecule has 1 aliphatic rings. The first-order valence-corrected chi connectivity index (χ1v) is 7.69. The second-order valence-electron chi connectivity index (χ2n) is 5.22. The van der Waals surface area contributed by atoms with E-state index in [1.165, 1.54) is 0 Å². The molecule has 0 unspecified atom stereocenters. The van der Waals surface area contributed by atoms with E-state index in [2.05, 4.69) is 10.6 Å². The summed E-state index contributed by atoms with van der Waals surface area (Å²) >= 11 is 5.96. The number of benzene rings is 2. The predicted molar refractivity (Wildman–Crippen MR) is 90.7 cm³/mol. The summed E-state index contributed by atoms with van der Waals surface area (Å²) in [6.45, 7) is 3.16. The van der Waals surface area contributed by atoms with Crippen LogP contribution in [-0.4, -0.2) is 25.7 Å². The zero-order valence-electron chi connectivity index (χ0n) is 12.7. The third-order valence-electron chi connectivity index (χ3n) is 3.46. The number of rotatable bonds is 4. The summed E-state index contributed by atoms with van der Waals surface area (Å²) < 4.78 is 10.9. The highest BCUT2D eigenvalue weighted by molar-refractivity contribution is 6.30. The van der Waals surface area contributed by atoms with Gasteiger partial charge in [0.25, 0.3) is 0 Å². The second-order valence-corrected chi connectivity index (χ2v) is 5.66. The lowest BCUT2D eigenvalue weighted by atomic mass is 10.2. The SMILES string of the molecule is Cc1ccc(Cl)cc1NCC(=O)Nc1ccc2c(c1)OCCO2. The van der Waals surface area contributed by atoms with Crippen molar-refractivity contribution in [3.8, 4) is 11.5 Å². The average Bonchev–Trinajstić information content (AvgIpc) is 2.55. The summed E-state index contributed by atoms with van der Waals surface area (Å²) in [7, 11) is 0. The Morgan fingerprint density at radius 1 is 1.13 bits per heavy atom. The summed E-state index contributed by atoms with van der Waals surface area (Å²) in [6, 6.07) is 10.9. The third kappa shape index (κ3) is 3.87. The summed E-state index contributed by atoms with van der Waals surface area (Å²) in [5, 5.41) is 6.54. The van der Waals surface area contributed by atoms with Gasteiger partial charge in [-0.05, 0) is 36.8 Å². The van der Waals surface area contributed by atoms with Gasteiger partial charge in [0.2, 0.25) is 5.91 Å². The van der Waals surface area contributed by atoms with E-state index in [4.69, 9.17) is 21.1 Å². The summed E-state index contributed by atoms with van der Waals surface area (Å²) in [6.07, 6.45) is 0. The lowest BCUT2D eigenvalue weighted by Crippen LogP contribution is -2.22. The molecule has 0 aromatic heterocycles. The van der Waals surface area contributed by atoms with Gasteiger partial charge in [-0.15, -0.1) is 0 Å². The monoisotopic (exact) mass is 332 g/mol.